The van der Waals surface area contributed by atoms with Crippen molar-refractivity contribution in [3.8, 4) is 0 Å². The average molecular weight is 343 g/mol. The van der Waals surface area contributed by atoms with E-state index in [2.05, 4.69) is 33.7 Å². The summed E-state index contributed by atoms with van der Waals surface area (Å²) in [7, 11) is 0. The summed E-state index contributed by atoms with van der Waals surface area (Å²) < 4.78 is 1.45. The fourth-order valence-electron chi connectivity index (χ4n) is 2.33. The molecule has 128 valence electrons. The molecule has 6 N–H and O–H groups in total. The average Bonchev–Trinajstić information content (AvgIpc) is 2.95. The van der Waals surface area contributed by atoms with Gasteiger partial charge in [-0.2, -0.15) is 12.6 Å². The summed E-state index contributed by atoms with van der Waals surface area (Å²) in [4.78, 5) is 36.0. The van der Waals surface area contributed by atoms with Gasteiger partial charge in [-0.05, 0) is 0 Å². The highest BCUT2D eigenvalue weighted by atomic mass is 32.1. The minimum absolute atomic E-state index is 0. The Morgan fingerprint density at radius 1 is 1.52 bits per heavy atom. The number of carbonyl (C=O) groups excluding carboxylic acids is 3. The van der Waals surface area contributed by atoms with E-state index in [1.165, 1.54) is 4.68 Å². The van der Waals surface area contributed by atoms with Crippen LogP contribution in [0.3, 0.4) is 0 Å². The standard InChI is InChI=1S/C12H19N7O3S.H2/c13-11(21)6-1-7-3-19(18-17-7)4-8(10(20)2-6)15-12(22)9(5-23)16-14;/h3,6,8-9,16,23H,1-2,4-5,14H2,(H2,13,21)(H,15,22);1H/t6-,8+,9+;/m1./s1. The van der Waals surface area contributed by atoms with E-state index in [4.69, 9.17) is 11.6 Å². The zero-order chi connectivity index (χ0) is 17.0. The molecule has 0 radical (unpaired) electrons. The third-order valence-corrected chi connectivity index (χ3v) is 4.03. The molecule has 0 fully saturated rings. The van der Waals surface area contributed by atoms with Gasteiger partial charge in [-0.3, -0.25) is 20.2 Å². The predicted octanol–water partition coefficient (Wildman–Crippen LogP) is -2.61. The van der Waals surface area contributed by atoms with Crippen LogP contribution in [0.4, 0.5) is 0 Å². The Morgan fingerprint density at radius 2 is 2.26 bits per heavy atom. The topological polar surface area (TPSA) is 158 Å². The SMILES string of the molecule is NN[C@@H](CS)C(=O)N[C@H]1Cn2cc(nn2)C[C@@H](C(N)=O)CC1=O.[HH]. The zero-order valence-electron chi connectivity index (χ0n) is 12.3. The van der Waals surface area contributed by atoms with Crippen LogP contribution in [0.2, 0.25) is 0 Å². The first-order valence-corrected chi connectivity index (χ1v) is 7.66. The van der Waals surface area contributed by atoms with Gasteiger partial charge in [0, 0.05) is 26.2 Å². The number of rotatable bonds is 5. The largest absolute Gasteiger partial charge is 0.369 e. The van der Waals surface area contributed by atoms with E-state index in [-0.39, 0.29) is 32.3 Å². The molecule has 0 aliphatic carbocycles. The molecule has 2 amide bonds. The van der Waals surface area contributed by atoms with Gasteiger partial charge in [0.15, 0.2) is 5.78 Å². The number of Topliss-reactive ketones (excluding diaryl/α,β-unsaturated/α-hetero) is 1. The van der Waals surface area contributed by atoms with Crippen LogP contribution >= 0.6 is 12.6 Å². The van der Waals surface area contributed by atoms with Crippen LogP contribution in [0.1, 0.15) is 13.5 Å². The maximum absolute atomic E-state index is 12.4. The number of fused-ring (bicyclic) bond motifs is 2. The lowest BCUT2D eigenvalue weighted by atomic mass is 9.94. The third kappa shape index (κ3) is 4.27. The van der Waals surface area contributed by atoms with Crippen molar-refractivity contribution in [2.24, 2.45) is 17.5 Å². The number of hydrogen-bond donors (Lipinski definition) is 5. The molecular formula is C12H21N7O3S. The number of ketones is 1. The fourth-order valence-corrected chi connectivity index (χ4v) is 2.60. The molecule has 0 saturated carbocycles. The summed E-state index contributed by atoms with van der Waals surface area (Å²) in [5.74, 6) is 3.41. The molecule has 2 bridgehead atoms. The zero-order valence-corrected chi connectivity index (χ0v) is 13.2. The second kappa shape index (κ2) is 7.53. The quantitative estimate of drug-likeness (QED) is 0.222. The lowest BCUT2D eigenvalue weighted by Crippen LogP contribution is -2.54. The highest BCUT2D eigenvalue weighted by molar-refractivity contribution is 7.80. The van der Waals surface area contributed by atoms with Gasteiger partial charge in [-0.15, -0.1) is 5.10 Å². The van der Waals surface area contributed by atoms with E-state index in [1.807, 2.05) is 0 Å². The van der Waals surface area contributed by atoms with Crippen molar-refractivity contribution in [2.75, 3.05) is 5.75 Å². The Bertz CT molecular complexity index is 607. The number of nitrogens with two attached hydrogens (primary N) is 2. The van der Waals surface area contributed by atoms with Gasteiger partial charge in [0.05, 0.1) is 18.2 Å². The lowest BCUT2D eigenvalue weighted by molar-refractivity contribution is -0.131. The van der Waals surface area contributed by atoms with Crippen LogP contribution < -0.4 is 22.3 Å². The molecular weight excluding hydrogens is 322 g/mol. The number of carbonyl (C=O) groups is 3. The fraction of sp³-hybridized carbons (Fsp3) is 0.583. The molecule has 3 atom stereocenters. The van der Waals surface area contributed by atoms with Crippen LogP contribution in [0.5, 0.6) is 0 Å². The highest BCUT2D eigenvalue weighted by Gasteiger charge is 2.31. The second-order valence-corrected chi connectivity index (χ2v) is 5.73. The van der Waals surface area contributed by atoms with Crippen LogP contribution in [-0.4, -0.2) is 50.4 Å². The number of thiol groups is 1. The highest BCUT2D eigenvalue weighted by Crippen LogP contribution is 2.15. The Kier molecular flexibility index (Phi) is 5.69. The first-order chi connectivity index (χ1) is 10.9. The maximum atomic E-state index is 12.4. The normalized spacial score (nSPS) is 22.6. The van der Waals surface area contributed by atoms with E-state index < -0.39 is 29.8 Å². The summed E-state index contributed by atoms with van der Waals surface area (Å²) in [5, 5.41) is 10.4. The van der Waals surface area contributed by atoms with Gasteiger partial charge < -0.3 is 11.1 Å². The van der Waals surface area contributed by atoms with Gasteiger partial charge in [0.25, 0.3) is 0 Å². The van der Waals surface area contributed by atoms with Crippen molar-refractivity contribution in [3.05, 3.63) is 11.9 Å². The van der Waals surface area contributed by atoms with Crippen LogP contribution in [-0.2, 0) is 27.3 Å². The van der Waals surface area contributed by atoms with Crippen molar-refractivity contribution < 1.29 is 15.8 Å². The molecule has 23 heavy (non-hydrogen) atoms. The van der Waals surface area contributed by atoms with Crippen molar-refractivity contribution in [3.63, 3.8) is 0 Å². The summed E-state index contributed by atoms with van der Waals surface area (Å²) >= 11 is 4.01. The summed E-state index contributed by atoms with van der Waals surface area (Å²) in [6.07, 6.45) is 1.80. The lowest BCUT2D eigenvalue weighted by Gasteiger charge is -2.21. The molecule has 1 aromatic heterocycles. The molecule has 2 heterocycles. The molecule has 1 aromatic rings. The molecule has 0 unspecified atom stereocenters. The molecule has 1 aliphatic rings. The molecule has 1 aliphatic heterocycles. The molecule has 0 aromatic carbocycles. The van der Waals surface area contributed by atoms with Crippen LogP contribution in [0.25, 0.3) is 0 Å². The van der Waals surface area contributed by atoms with Crippen LogP contribution in [0, 0.1) is 5.92 Å². The molecule has 10 nitrogen and oxygen atoms in total. The Labute approximate surface area is 139 Å². The molecule has 11 heteroatoms. The minimum Gasteiger partial charge on any atom is -0.369 e. The third-order valence-electron chi connectivity index (χ3n) is 3.67. The number of primary amides is 1. The first kappa shape index (κ1) is 17.4. The van der Waals surface area contributed by atoms with Crippen molar-refractivity contribution >= 4 is 30.2 Å². The number of amides is 2. The van der Waals surface area contributed by atoms with Gasteiger partial charge >= 0.3 is 0 Å². The van der Waals surface area contributed by atoms with E-state index in [0.717, 1.165) is 0 Å². The van der Waals surface area contributed by atoms with Gasteiger partial charge in [0.2, 0.25) is 11.8 Å². The monoisotopic (exact) mass is 343 g/mol. The van der Waals surface area contributed by atoms with Crippen molar-refractivity contribution in [1.29, 1.82) is 0 Å². The van der Waals surface area contributed by atoms with E-state index >= 15 is 0 Å². The Hall–Kier alpha value is -1.98. The summed E-state index contributed by atoms with van der Waals surface area (Å²) in [6, 6.07) is -1.59. The second-order valence-electron chi connectivity index (χ2n) is 5.37. The number of aromatic nitrogens is 3. The number of nitrogens with one attached hydrogen (secondary N) is 2. The Morgan fingerprint density at radius 3 is 2.87 bits per heavy atom. The van der Waals surface area contributed by atoms with Gasteiger partial charge in [-0.1, -0.05) is 5.21 Å². The predicted molar refractivity (Wildman–Crippen MR) is 85.0 cm³/mol. The molecule has 0 saturated heterocycles. The van der Waals surface area contributed by atoms with E-state index in [9.17, 15) is 14.4 Å². The van der Waals surface area contributed by atoms with Crippen molar-refractivity contribution in [2.45, 2.75) is 31.5 Å². The minimum atomic E-state index is -0.854. The first-order valence-electron chi connectivity index (χ1n) is 7.03. The van der Waals surface area contributed by atoms with E-state index in [0.29, 0.717) is 5.69 Å². The van der Waals surface area contributed by atoms with E-state index in [1.54, 1.807) is 6.20 Å². The summed E-state index contributed by atoms with van der Waals surface area (Å²) in [5.41, 5.74) is 8.23. The molecule has 2 rings (SSSR count). The van der Waals surface area contributed by atoms with Gasteiger partial charge in [0.1, 0.15) is 12.1 Å². The number of hydrazine groups is 1. The van der Waals surface area contributed by atoms with Gasteiger partial charge in [-0.25, -0.2) is 10.1 Å². The smallest absolute Gasteiger partial charge is 0.239 e. The van der Waals surface area contributed by atoms with Crippen LogP contribution in [0.15, 0.2) is 6.20 Å². The maximum Gasteiger partial charge on any atom is 0.239 e. The Balaban J connectivity index is 0.00000288. The van der Waals surface area contributed by atoms with Crippen molar-refractivity contribution in [1.82, 2.24) is 25.7 Å². The summed E-state index contributed by atoms with van der Waals surface area (Å²) in [6.45, 7) is 0.118. The number of nitrogens with zero attached hydrogens (tertiary/aromatic N) is 3. The number of hydrogen-bond acceptors (Lipinski definition) is 8. The molecule has 0 spiro atoms.